The van der Waals surface area contributed by atoms with Crippen LogP contribution in [0.2, 0.25) is 0 Å². The Morgan fingerprint density at radius 2 is 2.30 bits per heavy atom. The number of hydrogen-bond acceptors (Lipinski definition) is 2. The van der Waals surface area contributed by atoms with Gasteiger partial charge in [-0.15, -0.1) is 0 Å². The van der Waals surface area contributed by atoms with Gasteiger partial charge in [-0.05, 0) is 6.08 Å². The van der Waals surface area contributed by atoms with Gasteiger partial charge in [-0.3, -0.25) is 4.79 Å². The second-order valence-electron chi connectivity index (χ2n) is 2.28. The first-order valence-corrected chi connectivity index (χ1v) is 3.25. The molecule has 0 aromatic carbocycles. The maximum absolute atomic E-state index is 10.8. The number of rotatable bonds is 3. The van der Waals surface area contributed by atoms with E-state index < -0.39 is 0 Å². The molecule has 3 heteroatoms. The van der Waals surface area contributed by atoms with Gasteiger partial charge in [-0.25, -0.2) is 0 Å². The van der Waals surface area contributed by atoms with Crippen LogP contribution < -0.4 is 5.32 Å². The molecular weight excluding hydrogens is 130 g/mol. The molecule has 1 amide bonds. The van der Waals surface area contributed by atoms with Crippen molar-refractivity contribution in [1.82, 2.24) is 5.32 Å². The van der Waals surface area contributed by atoms with Crippen molar-refractivity contribution in [2.45, 2.75) is 13.8 Å². The molecule has 0 unspecified atom stereocenters. The minimum absolute atomic E-state index is 0.00176. The summed E-state index contributed by atoms with van der Waals surface area (Å²) in [6, 6.07) is 0. The molecule has 0 aliphatic rings. The molecule has 10 heavy (non-hydrogen) atoms. The van der Waals surface area contributed by atoms with E-state index in [1.165, 1.54) is 6.08 Å². The van der Waals surface area contributed by atoms with Gasteiger partial charge >= 0.3 is 0 Å². The molecule has 0 heterocycles. The van der Waals surface area contributed by atoms with E-state index in [0.717, 1.165) is 6.26 Å². The van der Waals surface area contributed by atoms with Crippen LogP contribution in [-0.4, -0.2) is 17.6 Å². The average Bonchev–Trinajstić information content (AvgIpc) is 1.88. The molecular formula is C7H13NO2. The van der Waals surface area contributed by atoms with Crippen LogP contribution in [0.1, 0.15) is 13.8 Å². The molecule has 0 aliphatic carbocycles. The van der Waals surface area contributed by atoms with E-state index in [9.17, 15) is 4.79 Å². The van der Waals surface area contributed by atoms with E-state index in [2.05, 4.69) is 5.32 Å². The van der Waals surface area contributed by atoms with Crippen molar-refractivity contribution in [3.8, 4) is 0 Å². The van der Waals surface area contributed by atoms with E-state index in [4.69, 9.17) is 5.11 Å². The lowest BCUT2D eigenvalue weighted by Crippen LogP contribution is -2.27. The lowest BCUT2D eigenvalue weighted by atomic mass is 10.2. The first kappa shape index (κ1) is 9.01. The lowest BCUT2D eigenvalue weighted by Gasteiger charge is -2.03. The lowest BCUT2D eigenvalue weighted by molar-refractivity contribution is -0.123. The fourth-order valence-corrected chi connectivity index (χ4v) is 0.416. The number of amides is 1. The van der Waals surface area contributed by atoms with Gasteiger partial charge < -0.3 is 10.4 Å². The quantitative estimate of drug-likeness (QED) is 0.575. The van der Waals surface area contributed by atoms with Gasteiger partial charge in [-0.1, -0.05) is 13.8 Å². The summed E-state index contributed by atoms with van der Waals surface area (Å²) in [5.74, 6) is 0.00481. The highest BCUT2D eigenvalue weighted by Crippen LogP contribution is 1.89. The van der Waals surface area contributed by atoms with E-state index in [1.54, 1.807) is 0 Å². The first-order chi connectivity index (χ1) is 4.68. The Bertz CT molecular complexity index is 130. The van der Waals surface area contributed by atoms with Gasteiger partial charge in [0.05, 0.1) is 6.26 Å². The Morgan fingerprint density at radius 1 is 1.70 bits per heavy atom. The topological polar surface area (TPSA) is 49.3 Å². The van der Waals surface area contributed by atoms with Gasteiger partial charge in [0.1, 0.15) is 0 Å². The van der Waals surface area contributed by atoms with Gasteiger partial charge in [0, 0.05) is 12.5 Å². The van der Waals surface area contributed by atoms with Gasteiger partial charge in [-0.2, -0.15) is 0 Å². The average molecular weight is 143 g/mol. The number of aliphatic hydroxyl groups is 1. The monoisotopic (exact) mass is 143 g/mol. The van der Waals surface area contributed by atoms with Crippen molar-refractivity contribution in [3.63, 3.8) is 0 Å². The van der Waals surface area contributed by atoms with Gasteiger partial charge in [0.2, 0.25) is 5.91 Å². The Hall–Kier alpha value is -0.990. The standard InChI is InChI=1S/C7H13NO2/c1-6(2)7(10)8-4-3-5-9/h3,5-6,9H,4H2,1-2H3,(H,8,10). The van der Waals surface area contributed by atoms with Gasteiger partial charge in [0.25, 0.3) is 0 Å². The van der Waals surface area contributed by atoms with Crippen molar-refractivity contribution in [2.24, 2.45) is 5.92 Å². The van der Waals surface area contributed by atoms with E-state index >= 15 is 0 Å². The highest BCUT2D eigenvalue weighted by atomic mass is 16.2. The zero-order valence-corrected chi connectivity index (χ0v) is 6.29. The van der Waals surface area contributed by atoms with Crippen molar-refractivity contribution in [1.29, 1.82) is 0 Å². The molecule has 0 spiro atoms. The molecule has 58 valence electrons. The maximum atomic E-state index is 10.8. The van der Waals surface area contributed by atoms with E-state index in [-0.39, 0.29) is 11.8 Å². The van der Waals surface area contributed by atoms with Crippen LogP contribution in [0.5, 0.6) is 0 Å². The van der Waals surface area contributed by atoms with Gasteiger partial charge in [0.15, 0.2) is 0 Å². The zero-order chi connectivity index (χ0) is 7.98. The SMILES string of the molecule is CC(C)C(=O)NCC=CO. The van der Waals surface area contributed by atoms with Crippen LogP contribution in [-0.2, 0) is 4.79 Å². The minimum atomic E-state index is -0.00176. The third-order valence-electron chi connectivity index (χ3n) is 1.02. The smallest absolute Gasteiger partial charge is 0.222 e. The predicted octanol–water partition coefficient (Wildman–Crippen LogP) is 0.830. The molecule has 0 atom stereocenters. The van der Waals surface area contributed by atoms with Crippen molar-refractivity contribution >= 4 is 5.91 Å². The second-order valence-corrected chi connectivity index (χ2v) is 2.28. The third kappa shape index (κ3) is 3.95. The van der Waals surface area contributed by atoms with Crippen LogP contribution in [0.15, 0.2) is 12.3 Å². The molecule has 0 aromatic heterocycles. The molecule has 0 aliphatic heterocycles. The zero-order valence-electron chi connectivity index (χ0n) is 6.29. The summed E-state index contributed by atoms with van der Waals surface area (Å²) in [5, 5.41) is 10.8. The van der Waals surface area contributed by atoms with Crippen molar-refractivity contribution in [3.05, 3.63) is 12.3 Å². The van der Waals surface area contributed by atoms with Crippen molar-refractivity contribution in [2.75, 3.05) is 6.54 Å². The van der Waals surface area contributed by atoms with E-state index in [1.807, 2.05) is 13.8 Å². The molecule has 0 radical (unpaired) electrons. The molecule has 0 saturated carbocycles. The summed E-state index contributed by atoms with van der Waals surface area (Å²) < 4.78 is 0. The minimum Gasteiger partial charge on any atom is -0.516 e. The summed E-state index contributed by atoms with van der Waals surface area (Å²) in [5.41, 5.74) is 0. The van der Waals surface area contributed by atoms with Crippen molar-refractivity contribution < 1.29 is 9.90 Å². The summed E-state index contributed by atoms with van der Waals surface area (Å²) in [6.07, 6.45) is 2.39. The molecule has 0 rings (SSSR count). The molecule has 0 aromatic rings. The second kappa shape index (κ2) is 4.85. The summed E-state index contributed by atoms with van der Waals surface area (Å²) in [4.78, 5) is 10.8. The Labute approximate surface area is 60.7 Å². The predicted molar refractivity (Wildman–Crippen MR) is 39.6 cm³/mol. The normalized spacial score (nSPS) is 10.7. The molecule has 0 bridgehead atoms. The molecule has 0 fully saturated rings. The first-order valence-electron chi connectivity index (χ1n) is 3.25. The van der Waals surface area contributed by atoms with Crippen LogP contribution >= 0.6 is 0 Å². The van der Waals surface area contributed by atoms with Crippen LogP contribution in [0.25, 0.3) is 0 Å². The maximum Gasteiger partial charge on any atom is 0.222 e. The highest BCUT2D eigenvalue weighted by Gasteiger charge is 2.02. The summed E-state index contributed by atoms with van der Waals surface area (Å²) in [7, 11) is 0. The number of carbonyl (C=O) groups is 1. The largest absolute Gasteiger partial charge is 0.516 e. The van der Waals surface area contributed by atoms with E-state index in [0.29, 0.717) is 6.54 Å². The Balaban J connectivity index is 3.40. The number of carbonyl (C=O) groups excluding carboxylic acids is 1. The van der Waals surface area contributed by atoms with Crippen LogP contribution in [0, 0.1) is 5.92 Å². The fourth-order valence-electron chi connectivity index (χ4n) is 0.416. The fraction of sp³-hybridized carbons (Fsp3) is 0.571. The molecule has 0 saturated heterocycles. The number of aliphatic hydroxyl groups excluding tert-OH is 1. The van der Waals surface area contributed by atoms with Crippen LogP contribution in [0.3, 0.4) is 0 Å². The highest BCUT2D eigenvalue weighted by molar-refractivity contribution is 5.77. The Kier molecular flexibility index (Phi) is 4.37. The summed E-state index contributed by atoms with van der Waals surface area (Å²) >= 11 is 0. The van der Waals surface area contributed by atoms with Crippen LogP contribution in [0.4, 0.5) is 0 Å². The summed E-state index contributed by atoms with van der Waals surface area (Å²) in [6.45, 7) is 4.03. The Morgan fingerprint density at radius 3 is 2.70 bits per heavy atom. The number of nitrogens with one attached hydrogen (secondary N) is 1. The third-order valence-corrected chi connectivity index (χ3v) is 1.02. The molecule has 3 nitrogen and oxygen atoms in total. The molecule has 2 N–H and O–H groups in total. The number of hydrogen-bond donors (Lipinski definition) is 2.